The molecule has 0 unspecified atom stereocenters. The van der Waals surface area contributed by atoms with E-state index in [1.807, 2.05) is 0 Å². The van der Waals surface area contributed by atoms with E-state index in [2.05, 4.69) is 36.9 Å². The summed E-state index contributed by atoms with van der Waals surface area (Å²) in [5, 5.41) is 6.97. The Balaban J connectivity index is 3.01. The molecular weight excluding hydrogens is 148 g/mol. The van der Waals surface area contributed by atoms with E-state index in [0.717, 1.165) is 11.3 Å². The fraction of sp³-hybridized carbons (Fsp3) is 0.500. The molecule has 2 heteroatoms. The Morgan fingerprint density at radius 1 is 1.58 bits per heavy atom. The van der Waals surface area contributed by atoms with Crippen molar-refractivity contribution in [3.05, 3.63) is 17.5 Å². The molecule has 1 aromatic rings. The van der Waals surface area contributed by atoms with Crippen molar-refractivity contribution in [2.45, 2.75) is 32.6 Å². The third-order valence-corrected chi connectivity index (χ3v) is 1.76. The number of rotatable bonds is 1. The second-order valence-corrected chi connectivity index (χ2v) is 3.90. The van der Waals surface area contributed by atoms with Crippen molar-refractivity contribution in [1.82, 2.24) is 10.2 Å². The number of hydrogen-bond donors (Lipinski definition) is 1. The highest BCUT2D eigenvalue weighted by Crippen LogP contribution is 2.23. The lowest BCUT2D eigenvalue weighted by Crippen LogP contribution is -2.14. The van der Waals surface area contributed by atoms with Crippen LogP contribution in [0.25, 0.3) is 0 Å². The molecule has 0 amide bonds. The number of aromatic nitrogens is 2. The molecule has 0 spiro atoms. The summed E-state index contributed by atoms with van der Waals surface area (Å²) in [7, 11) is 0. The zero-order chi connectivity index (χ0) is 9.19. The molecule has 0 radical (unpaired) electrons. The normalized spacial score (nSPS) is 11.2. The Bertz CT molecular complexity index is 296. The number of nitrogens with zero attached hydrogens (tertiary/aromatic N) is 1. The largest absolute Gasteiger partial charge is 0.282 e. The van der Waals surface area contributed by atoms with Crippen LogP contribution in [0.5, 0.6) is 0 Å². The van der Waals surface area contributed by atoms with Crippen molar-refractivity contribution in [3.63, 3.8) is 0 Å². The summed E-state index contributed by atoms with van der Waals surface area (Å²) in [6.07, 6.45) is 7.70. The standard InChI is InChI=1S/C10H14N2/c1-5-6-8-7-11-12-9(8)10(2,3)4/h1,7H,6H2,2-4H3,(H,11,12). The second kappa shape index (κ2) is 3.02. The van der Waals surface area contributed by atoms with Gasteiger partial charge in [-0.15, -0.1) is 12.3 Å². The molecule has 1 rings (SSSR count). The van der Waals surface area contributed by atoms with Gasteiger partial charge >= 0.3 is 0 Å². The van der Waals surface area contributed by atoms with Crippen molar-refractivity contribution < 1.29 is 0 Å². The van der Waals surface area contributed by atoms with E-state index in [1.165, 1.54) is 0 Å². The van der Waals surface area contributed by atoms with Crippen LogP contribution < -0.4 is 0 Å². The number of hydrogen-bond acceptors (Lipinski definition) is 1. The van der Waals surface area contributed by atoms with E-state index in [4.69, 9.17) is 6.42 Å². The average molecular weight is 162 g/mol. The van der Waals surface area contributed by atoms with Gasteiger partial charge < -0.3 is 0 Å². The minimum atomic E-state index is 0.0999. The van der Waals surface area contributed by atoms with Crippen LogP contribution >= 0.6 is 0 Å². The van der Waals surface area contributed by atoms with Gasteiger partial charge in [0.05, 0.1) is 6.20 Å². The fourth-order valence-electron chi connectivity index (χ4n) is 1.20. The van der Waals surface area contributed by atoms with Gasteiger partial charge in [-0.05, 0) is 0 Å². The fourth-order valence-corrected chi connectivity index (χ4v) is 1.20. The molecule has 1 heterocycles. The molecule has 12 heavy (non-hydrogen) atoms. The first-order valence-corrected chi connectivity index (χ1v) is 4.02. The van der Waals surface area contributed by atoms with Crippen LogP contribution in [-0.2, 0) is 11.8 Å². The van der Waals surface area contributed by atoms with Gasteiger partial charge in [0.25, 0.3) is 0 Å². The molecule has 0 aliphatic carbocycles. The topological polar surface area (TPSA) is 28.7 Å². The highest BCUT2D eigenvalue weighted by Gasteiger charge is 2.18. The Morgan fingerprint density at radius 3 is 2.75 bits per heavy atom. The van der Waals surface area contributed by atoms with Crippen LogP contribution in [0.3, 0.4) is 0 Å². The first-order chi connectivity index (χ1) is 5.55. The van der Waals surface area contributed by atoms with E-state index in [1.54, 1.807) is 6.20 Å². The molecule has 0 saturated heterocycles. The number of terminal acetylenes is 1. The van der Waals surface area contributed by atoms with Crippen LogP contribution in [0.1, 0.15) is 32.0 Å². The summed E-state index contributed by atoms with van der Waals surface area (Å²) in [5.74, 6) is 2.62. The van der Waals surface area contributed by atoms with Crippen molar-refractivity contribution >= 4 is 0 Å². The molecule has 0 fully saturated rings. The van der Waals surface area contributed by atoms with Gasteiger partial charge in [-0.2, -0.15) is 5.10 Å². The van der Waals surface area contributed by atoms with E-state index < -0.39 is 0 Å². The molecule has 0 atom stereocenters. The lowest BCUT2D eigenvalue weighted by Gasteiger charge is -2.17. The van der Waals surface area contributed by atoms with Crippen molar-refractivity contribution in [3.8, 4) is 12.3 Å². The van der Waals surface area contributed by atoms with Gasteiger partial charge in [0.1, 0.15) is 0 Å². The minimum absolute atomic E-state index is 0.0999. The van der Waals surface area contributed by atoms with Crippen LogP contribution in [0.15, 0.2) is 6.20 Å². The van der Waals surface area contributed by atoms with Gasteiger partial charge in [0.2, 0.25) is 0 Å². The summed E-state index contributed by atoms with van der Waals surface area (Å²) in [4.78, 5) is 0. The maximum Gasteiger partial charge on any atom is 0.0532 e. The maximum atomic E-state index is 5.24. The molecule has 64 valence electrons. The zero-order valence-electron chi connectivity index (χ0n) is 7.81. The summed E-state index contributed by atoms with van der Waals surface area (Å²) < 4.78 is 0. The molecule has 0 saturated carbocycles. The average Bonchev–Trinajstić information content (AvgIpc) is 2.34. The highest BCUT2D eigenvalue weighted by molar-refractivity contribution is 5.26. The number of aromatic amines is 1. The Hall–Kier alpha value is -1.23. The van der Waals surface area contributed by atoms with E-state index >= 15 is 0 Å². The van der Waals surface area contributed by atoms with E-state index in [9.17, 15) is 0 Å². The van der Waals surface area contributed by atoms with Crippen molar-refractivity contribution in [1.29, 1.82) is 0 Å². The molecule has 0 aliphatic heterocycles. The summed E-state index contributed by atoms with van der Waals surface area (Å²) in [6.45, 7) is 6.42. The Labute approximate surface area is 73.4 Å². The summed E-state index contributed by atoms with van der Waals surface area (Å²) >= 11 is 0. The quantitative estimate of drug-likeness (QED) is 0.627. The third kappa shape index (κ3) is 1.68. The predicted molar refractivity (Wildman–Crippen MR) is 49.8 cm³/mol. The molecule has 0 aromatic carbocycles. The van der Waals surface area contributed by atoms with Crippen LogP contribution in [0, 0.1) is 12.3 Å². The summed E-state index contributed by atoms with van der Waals surface area (Å²) in [5.41, 5.74) is 2.37. The third-order valence-electron chi connectivity index (χ3n) is 1.76. The van der Waals surface area contributed by atoms with E-state index in [-0.39, 0.29) is 5.41 Å². The lowest BCUT2D eigenvalue weighted by molar-refractivity contribution is 0.562. The molecule has 1 aromatic heterocycles. The Kier molecular flexibility index (Phi) is 2.23. The smallest absolute Gasteiger partial charge is 0.0532 e. The predicted octanol–water partition coefficient (Wildman–Crippen LogP) is 1.88. The number of nitrogens with one attached hydrogen (secondary N) is 1. The van der Waals surface area contributed by atoms with Gasteiger partial charge in [-0.25, -0.2) is 0 Å². The summed E-state index contributed by atoms with van der Waals surface area (Å²) in [6, 6.07) is 0. The highest BCUT2D eigenvalue weighted by atomic mass is 15.1. The van der Waals surface area contributed by atoms with Crippen LogP contribution in [-0.4, -0.2) is 10.2 Å². The molecule has 0 aliphatic rings. The molecule has 0 bridgehead atoms. The molecule has 2 nitrogen and oxygen atoms in total. The first kappa shape index (κ1) is 8.86. The minimum Gasteiger partial charge on any atom is -0.282 e. The molecular formula is C10H14N2. The van der Waals surface area contributed by atoms with Gasteiger partial charge in [0, 0.05) is 23.1 Å². The lowest BCUT2D eigenvalue weighted by atomic mass is 9.89. The first-order valence-electron chi connectivity index (χ1n) is 4.02. The number of H-pyrrole nitrogens is 1. The molecule has 1 N–H and O–H groups in total. The van der Waals surface area contributed by atoms with Gasteiger partial charge in [-0.1, -0.05) is 20.8 Å². The van der Waals surface area contributed by atoms with Gasteiger partial charge in [-0.3, -0.25) is 5.10 Å². The monoisotopic (exact) mass is 162 g/mol. The maximum absolute atomic E-state index is 5.24. The van der Waals surface area contributed by atoms with Crippen molar-refractivity contribution in [2.75, 3.05) is 0 Å². The Morgan fingerprint density at radius 2 is 2.25 bits per heavy atom. The van der Waals surface area contributed by atoms with Crippen LogP contribution in [0.2, 0.25) is 0 Å². The van der Waals surface area contributed by atoms with Crippen LogP contribution in [0.4, 0.5) is 0 Å². The van der Waals surface area contributed by atoms with Gasteiger partial charge in [0.15, 0.2) is 0 Å². The SMILES string of the molecule is C#CCc1cn[nH]c1C(C)(C)C. The van der Waals surface area contributed by atoms with Crippen molar-refractivity contribution in [2.24, 2.45) is 0 Å². The van der Waals surface area contributed by atoms with E-state index in [0.29, 0.717) is 6.42 Å². The second-order valence-electron chi connectivity index (χ2n) is 3.90. The zero-order valence-corrected chi connectivity index (χ0v) is 7.81.